The second kappa shape index (κ2) is 8.66. The van der Waals surface area contributed by atoms with Crippen molar-refractivity contribution >= 4 is 11.9 Å². The molecule has 8 nitrogen and oxygen atoms in total. The van der Waals surface area contributed by atoms with Gasteiger partial charge in [-0.3, -0.25) is 4.68 Å². The van der Waals surface area contributed by atoms with Crippen LogP contribution in [0, 0.1) is 0 Å². The molecule has 2 rings (SSSR count). The van der Waals surface area contributed by atoms with E-state index in [0.717, 1.165) is 17.9 Å². The lowest BCUT2D eigenvalue weighted by molar-refractivity contribution is 0.0600. The average Bonchev–Trinajstić information content (AvgIpc) is 3.02. The molecule has 0 atom stereocenters. The maximum Gasteiger partial charge on any atom is 0.337 e. The van der Waals surface area contributed by atoms with Crippen molar-refractivity contribution in [1.29, 1.82) is 0 Å². The van der Waals surface area contributed by atoms with Crippen LogP contribution in [0.4, 0.5) is 0 Å². The predicted molar refractivity (Wildman–Crippen MR) is 90.4 cm³/mol. The fourth-order valence-electron chi connectivity index (χ4n) is 2.02. The number of rotatable bonds is 6. The normalized spacial score (nSPS) is 11.2. The van der Waals surface area contributed by atoms with Crippen LogP contribution in [0.1, 0.15) is 28.7 Å². The van der Waals surface area contributed by atoms with Crippen LogP contribution in [-0.2, 0) is 24.9 Å². The number of ether oxygens (including phenoxy) is 1. The molecule has 8 heteroatoms. The van der Waals surface area contributed by atoms with Gasteiger partial charge < -0.3 is 15.4 Å². The van der Waals surface area contributed by atoms with E-state index in [2.05, 4.69) is 30.4 Å². The topological polar surface area (TPSA) is 93.4 Å². The first-order valence-corrected chi connectivity index (χ1v) is 7.66. The van der Waals surface area contributed by atoms with Crippen LogP contribution in [0.5, 0.6) is 0 Å². The van der Waals surface area contributed by atoms with Crippen molar-refractivity contribution in [3.8, 4) is 0 Å². The Hall–Kier alpha value is -2.90. The lowest BCUT2D eigenvalue weighted by atomic mass is 10.1. The molecular formula is C16H22N6O2. The summed E-state index contributed by atoms with van der Waals surface area (Å²) in [5.74, 6) is 1.17. The van der Waals surface area contributed by atoms with Crippen molar-refractivity contribution < 1.29 is 9.53 Å². The van der Waals surface area contributed by atoms with Gasteiger partial charge in [-0.05, 0) is 24.6 Å². The smallest absolute Gasteiger partial charge is 0.337 e. The van der Waals surface area contributed by atoms with Crippen molar-refractivity contribution in [3.63, 3.8) is 0 Å². The summed E-state index contributed by atoms with van der Waals surface area (Å²) in [7, 11) is 3.21. The average molecular weight is 330 g/mol. The zero-order chi connectivity index (χ0) is 17.4. The van der Waals surface area contributed by atoms with Gasteiger partial charge in [-0.15, -0.1) is 0 Å². The molecule has 0 bridgehead atoms. The SMILES string of the molecule is CCNC(=NCc1ccc(C(=O)OC)cc1)NCc1ncnn1C. The van der Waals surface area contributed by atoms with E-state index in [0.29, 0.717) is 24.6 Å². The predicted octanol–water partition coefficient (Wildman–Crippen LogP) is 0.857. The van der Waals surface area contributed by atoms with E-state index in [1.165, 1.54) is 13.4 Å². The van der Waals surface area contributed by atoms with E-state index in [1.807, 2.05) is 26.1 Å². The highest BCUT2D eigenvalue weighted by molar-refractivity contribution is 5.89. The molecule has 2 aromatic rings. The summed E-state index contributed by atoms with van der Waals surface area (Å²) in [6.45, 7) is 3.79. The number of hydrogen-bond donors (Lipinski definition) is 2. The second-order valence-electron chi connectivity index (χ2n) is 5.04. The Bertz CT molecular complexity index is 693. The van der Waals surface area contributed by atoms with Crippen molar-refractivity contribution in [1.82, 2.24) is 25.4 Å². The summed E-state index contributed by atoms with van der Waals surface area (Å²) < 4.78 is 6.39. The van der Waals surface area contributed by atoms with Crippen LogP contribution in [0.25, 0.3) is 0 Å². The van der Waals surface area contributed by atoms with Gasteiger partial charge in [-0.2, -0.15) is 5.10 Å². The minimum atomic E-state index is -0.344. The lowest BCUT2D eigenvalue weighted by Crippen LogP contribution is -2.37. The van der Waals surface area contributed by atoms with Gasteiger partial charge in [0.2, 0.25) is 0 Å². The molecular weight excluding hydrogens is 308 g/mol. The van der Waals surface area contributed by atoms with Crippen LogP contribution < -0.4 is 10.6 Å². The van der Waals surface area contributed by atoms with Crippen LogP contribution in [-0.4, -0.2) is 40.3 Å². The molecule has 0 aliphatic carbocycles. The van der Waals surface area contributed by atoms with E-state index >= 15 is 0 Å². The standard InChI is InChI=1S/C16H22N6O2/c1-4-17-16(19-10-14-20-11-21-22(14)2)18-9-12-5-7-13(8-6-12)15(23)24-3/h5-8,11H,4,9-10H2,1-3H3,(H2,17,18,19). The van der Waals surface area contributed by atoms with Crippen LogP contribution >= 0.6 is 0 Å². The highest BCUT2D eigenvalue weighted by atomic mass is 16.5. The third-order valence-electron chi connectivity index (χ3n) is 3.36. The molecule has 0 saturated heterocycles. The van der Waals surface area contributed by atoms with Gasteiger partial charge in [0, 0.05) is 13.6 Å². The Kier molecular flexibility index (Phi) is 6.30. The van der Waals surface area contributed by atoms with Crippen molar-refractivity contribution in [3.05, 3.63) is 47.5 Å². The summed E-state index contributed by atoms with van der Waals surface area (Å²) >= 11 is 0. The van der Waals surface area contributed by atoms with Gasteiger partial charge in [-0.25, -0.2) is 14.8 Å². The third-order valence-corrected chi connectivity index (χ3v) is 3.36. The molecule has 2 N–H and O–H groups in total. The van der Waals surface area contributed by atoms with Gasteiger partial charge in [-0.1, -0.05) is 12.1 Å². The molecule has 0 fully saturated rings. The Morgan fingerprint density at radius 1 is 1.29 bits per heavy atom. The number of carbonyl (C=O) groups excluding carboxylic acids is 1. The van der Waals surface area contributed by atoms with E-state index in [-0.39, 0.29) is 5.97 Å². The van der Waals surface area contributed by atoms with Gasteiger partial charge in [0.1, 0.15) is 12.2 Å². The Labute approximate surface area is 141 Å². The van der Waals surface area contributed by atoms with E-state index in [4.69, 9.17) is 0 Å². The zero-order valence-electron chi connectivity index (χ0n) is 14.1. The fourth-order valence-corrected chi connectivity index (χ4v) is 2.02. The molecule has 1 aromatic carbocycles. The quantitative estimate of drug-likeness (QED) is 0.463. The van der Waals surface area contributed by atoms with Gasteiger partial charge in [0.15, 0.2) is 5.96 Å². The molecule has 0 radical (unpaired) electrons. The maximum atomic E-state index is 11.4. The summed E-state index contributed by atoms with van der Waals surface area (Å²) in [4.78, 5) is 20.1. The van der Waals surface area contributed by atoms with Gasteiger partial charge >= 0.3 is 5.97 Å². The number of benzene rings is 1. The molecule has 0 unspecified atom stereocenters. The molecule has 128 valence electrons. The number of aliphatic imine (C=N–C) groups is 1. The van der Waals surface area contributed by atoms with E-state index in [9.17, 15) is 4.79 Å². The summed E-state index contributed by atoms with van der Waals surface area (Å²) in [5.41, 5.74) is 1.52. The van der Waals surface area contributed by atoms with E-state index < -0.39 is 0 Å². The first-order valence-electron chi connectivity index (χ1n) is 7.66. The second-order valence-corrected chi connectivity index (χ2v) is 5.04. The summed E-state index contributed by atoms with van der Waals surface area (Å²) in [5, 5.41) is 10.4. The molecule has 0 amide bonds. The monoisotopic (exact) mass is 330 g/mol. The number of carbonyl (C=O) groups is 1. The van der Waals surface area contributed by atoms with E-state index in [1.54, 1.807) is 16.8 Å². The molecule has 1 heterocycles. The van der Waals surface area contributed by atoms with Crippen molar-refractivity contribution in [2.75, 3.05) is 13.7 Å². The third kappa shape index (κ3) is 4.80. The van der Waals surface area contributed by atoms with Crippen LogP contribution in [0.3, 0.4) is 0 Å². The zero-order valence-corrected chi connectivity index (χ0v) is 14.1. The molecule has 24 heavy (non-hydrogen) atoms. The highest BCUT2D eigenvalue weighted by Gasteiger charge is 2.05. The summed E-state index contributed by atoms with van der Waals surface area (Å²) in [6.07, 6.45) is 1.52. The highest BCUT2D eigenvalue weighted by Crippen LogP contribution is 2.07. The number of guanidine groups is 1. The Morgan fingerprint density at radius 2 is 2.04 bits per heavy atom. The number of nitrogens with zero attached hydrogens (tertiary/aromatic N) is 4. The Balaban J connectivity index is 1.97. The molecule has 0 aliphatic heterocycles. The fraction of sp³-hybridized carbons (Fsp3) is 0.375. The number of esters is 1. The number of nitrogens with one attached hydrogen (secondary N) is 2. The van der Waals surface area contributed by atoms with Gasteiger partial charge in [0.25, 0.3) is 0 Å². The molecule has 0 saturated carbocycles. The van der Waals surface area contributed by atoms with Crippen molar-refractivity contribution in [2.24, 2.45) is 12.0 Å². The maximum absolute atomic E-state index is 11.4. The number of aryl methyl sites for hydroxylation is 1. The number of methoxy groups -OCH3 is 1. The summed E-state index contributed by atoms with van der Waals surface area (Å²) in [6, 6.07) is 7.19. The molecule has 1 aromatic heterocycles. The largest absolute Gasteiger partial charge is 0.465 e. The van der Waals surface area contributed by atoms with Crippen LogP contribution in [0.15, 0.2) is 35.6 Å². The first kappa shape index (κ1) is 17.5. The minimum Gasteiger partial charge on any atom is -0.465 e. The van der Waals surface area contributed by atoms with Crippen LogP contribution in [0.2, 0.25) is 0 Å². The lowest BCUT2D eigenvalue weighted by Gasteiger charge is -2.11. The first-order chi connectivity index (χ1) is 11.6. The minimum absolute atomic E-state index is 0.344. The number of aromatic nitrogens is 3. The van der Waals surface area contributed by atoms with Crippen molar-refractivity contribution in [2.45, 2.75) is 20.0 Å². The van der Waals surface area contributed by atoms with Gasteiger partial charge in [0.05, 0.1) is 25.8 Å². The number of hydrogen-bond acceptors (Lipinski definition) is 5. The Morgan fingerprint density at radius 3 is 2.62 bits per heavy atom. The molecule has 0 spiro atoms. The molecule has 0 aliphatic rings.